The first-order chi connectivity index (χ1) is 8.08. The van der Waals surface area contributed by atoms with Gasteiger partial charge in [0.2, 0.25) is 0 Å². The minimum Gasteiger partial charge on any atom is -0.324 e. The zero-order valence-electron chi connectivity index (χ0n) is 9.45. The van der Waals surface area contributed by atoms with Crippen molar-refractivity contribution in [2.45, 2.75) is 13.0 Å². The van der Waals surface area contributed by atoms with Crippen LogP contribution in [0.25, 0.3) is 11.1 Å². The predicted molar refractivity (Wildman–Crippen MR) is 69.4 cm³/mol. The molecule has 2 N–H and O–H groups in total. The molecule has 0 radical (unpaired) electrons. The van der Waals surface area contributed by atoms with E-state index in [2.05, 4.69) is 0 Å². The van der Waals surface area contributed by atoms with E-state index in [1.54, 1.807) is 30.3 Å². The molecule has 2 aromatic rings. The number of hydrogen-bond acceptors (Lipinski definition) is 1. The Kier molecular flexibility index (Phi) is 3.46. The first-order valence-electron chi connectivity index (χ1n) is 5.39. The van der Waals surface area contributed by atoms with Gasteiger partial charge in [0.25, 0.3) is 0 Å². The summed E-state index contributed by atoms with van der Waals surface area (Å²) in [6, 6.07) is 11.9. The predicted octanol–water partition coefficient (Wildman–Crippen LogP) is 4.17. The molecule has 0 spiro atoms. The maximum Gasteiger partial charge on any atom is 0.131 e. The largest absolute Gasteiger partial charge is 0.324 e. The number of benzene rings is 2. The number of nitrogens with two attached hydrogens (primary N) is 1. The van der Waals surface area contributed by atoms with E-state index < -0.39 is 0 Å². The molecule has 1 atom stereocenters. The van der Waals surface area contributed by atoms with Crippen molar-refractivity contribution in [3.05, 3.63) is 58.9 Å². The van der Waals surface area contributed by atoms with Crippen molar-refractivity contribution in [1.29, 1.82) is 0 Å². The maximum atomic E-state index is 13.8. The molecule has 0 aliphatic heterocycles. The highest BCUT2D eigenvalue weighted by Crippen LogP contribution is 2.27. The van der Waals surface area contributed by atoms with E-state index in [-0.39, 0.29) is 11.9 Å². The molecule has 0 heterocycles. The molecule has 0 amide bonds. The quantitative estimate of drug-likeness (QED) is 0.850. The molecule has 2 rings (SSSR count). The lowest BCUT2D eigenvalue weighted by molar-refractivity contribution is 0.629. The average Bonchev–Trinajstić information content (AvgIpc) is 2.29. The third-order valence-electron chi connectivity index (χ3n) is 2.65. The third kappa shape index (κ3) is 2.65. The van der Waals surface area contributed by atoms with Crippen molar-refractivity contribution >= 4 is 11.6 Å². The molecule has 1 unspecified atom stereocenters. The van der Waals surface area contributed by atoms with Crippen molar-refractivity contribution in [2.75, 3.05) is 0 Å². The molecule has 0 fully saturated rings. The number of halogens is 2. The normalized spacial score (nSPS) is 12.5. The summed E-state index contributed by atoms with van der Waals surface area (Å²) < 4.78 is 13.8. The molecule has 3 heteroatoms. The van der Waals surface area contributed by atoms with Crippen molar-refractivity contribution in [1.82, 2.24) is 0 Å². The van der Waals surface area contributed by atoms with Gasteiger partial charge < -0.3 is 5.73 Å². The molecule has 0 bridgehead atoms. The second kappa shape index (κ2) is 4.86. The Morgan fingerprint density at radius 3 is 2.59 bits per heavy atom. The molecular formula is C14H13ClFN. The lowest BCUT2D eigenvalue weighted by Gasteiger charge is -2.10. The van der Waals surface area contributed by atoms with Gasteiger partial charge in [0.05, 0.1) is 0 Å². The SMILES string of the molecule is CC(N)c1ccc(F)c(-c2cccc(Cl)c2)c1. The summed E-state index contributed by atoms with van der Waals surface area (Å²) in [5.41, 5.74) is 7.99. The van der Waals surface area contributed by atoms with Crippen molar-refractivity contribution in [2.24, 2.45) is 5.73 Å². The summed E-state index contributed by atoms with van der Waals surface area (Å²) in [4.78, 5) is 0. The highest BCUT2D eigenvalue weighted by Gasteiger charge is 2.08. The van der Waals surface area contributed by atoms with Crippen LogP contribution >= 0.6 is 11.6 Å². The average molecular weight is 250 g/mol. The van der Waals surface area contributed by atoms with Gasteiger partial charge in [-0.2, -0.15) is 0 Å². The fourth-order valence-corrected chi connectivity index (χ4v) is 1.89. The zero-order valence-corrected chi connectivity index (χ0v) is 10.2. The van der Waals surface area contributed by atoms with E-state index in [0.29, 0.717) is 10.6 Å². The standard InChI is InChI=1S/C14H13ClFN/c1-9(17)10-5-6-14(16)13(8-10)11-3-2-4-12(15)7-11/h2-9H,17H2,1H3. The van der Waals surface area contributed by atoms with Crippen LogP contribution in [0.15, 0.2) is 42.5 Å². The minimum atomic E-state index is -0.267. The highest BCUT2D eigenvalue weighted by atomic mass is 35.5. The molecule has 2 aromatic carbocycles. The summed E-state index contributed by atoms with van der Waals surface area (Å²) in [7, 11) is 0. The molecule has 17 heavy (non-hydrogen) atoms. The molecule has 0 saturated carbocycles. The van der Waals surface area contributed by atoms with E-state index in [1.807, 2.05) is 13.0 Å². The molecular weight excluding hydrogens is 237 g/mol. The number of rotatable bonds is 2. The van der Waals surface area contributed by atoms with Crippen LogP contribution in [0.4, 0.5) is 4.39 Å². The summed E-state index contributed by atoms with van der Waals surface area (Å²) in [5, 5.41) is 0.591. The van der Waals surface area contributed by atoms with Crippen LogP contribution in [0.3, 0.4) is 0 Å². The van der Waals surface area contributed by atoms with Gasteiger partial charge in [0.15, 0.2) is 0 Å². The van der Waals surface area contributed by atoms with Crippen molar-refractivity contribution < 1.29 is 4.39 Å². The molecule has 0 aromatic heterocycles. The summed E-state index contributed by atoms with van der Waals surface area (Å²) >= 11 is 5.90. The maximum absolute atomic E-state index is 13.8. The van der Waals surface area contributed by atoms with Crippen LogP contribution in [0.5, 0.6) is 0 Å². The Morgan fingerprint density at radius 1 is 1.18 bits per heavy atom. The van der Waals surface area contributed by atoms with E-state index in [0.717, 1.165) is 11.1 Å². The monoisotopic (exact) mass is 249 g/mol. The van der Waals surface area contributed by atoms with Crippen LogP contribution in [-0.4, -0.2) is 0 Å². The van der Waals surface area contributed by atoms with Crippen LogP contribution in [0.2, 0.25) is 5.02 Å². The van der Waals surface area contributed by atoms with Crippen LogP contribution in [0, 0.1) is 5.82 Å². The first-order valence-corrected chi connectivity index (χ1v) is 5.76. The molecule has 0 aliphatic carbocycles. The Balaban J connectivity index is 2.54. The van der Waals surface area contributed by atoms with E-state index in [9.17, 15) is 4.39 Å². The third-order valence-corrected chi connectivity index (χ3v) is 2.89. The van der Waals surface area contributed by atoms with Gasteiger partial charge >= 0.3 is 0 Å². The Morgan fingerprint density at radius 2 is 1.94 bits per heavy atom. The van der Waals surface area contributed by atoms with Gasteiger partial charge in [-0.05, 0) is 42.3 Å². The zero-order chi connectivity index (χ0) is 12.4. The van der Waals surface area contributed by atoms with Gasteiger partial charge in [0, 0.05) is 16.6 Å². The summed E-state index contributed by atoms with van der Waals surface area (Å²) in [5.74, 6) is -0.267. The van der Waals surface area contributed by atoms with Gasteiger partial charge in [-0.15, -0.1) is 0 Å². The molecule has 0 saturated heterocycles. The lowest BCUT2D eigenvalue weighted by Crippen LogP contribution is -2.05. The first kappa shape index (κ1) is 12.1. The Labute approximate surface area is 105 Å². The summed E-state index contributed by atoms with van der Waals surface area (Å²) in [6.45, 7) is 1.87. The minimum absolute atomic E-state index is 0.117. The van der Waals surface area contributed by atoms with Gasteiger partial charge in [-0.25, -0.2) is 4.39 Å². The molecule has 88 valence electrons. The Bertz CT molecular complexity index is 537. The van der Waals surface area contributed by atoms with Gasteiger partial charge in [-0.3, -0.25) is 0 Å². The highest BCUT2D eigenvalue weighted by molar-refractivity contribution is 6.30. The second-order valence-electron chi connectivity index (χ2n) is 4.04. The van der Waals surface area contributed by atoms with E-state index >= 15 is 0 Å². The molecule has 1 nitrogen and oxygen atoms in total. The van der Waals surface area contributed by atoms with Gasteiger partial charge in [-0.1, -0.05) is 29.8 Å². The van der Waals surface area contributed by atoms with Crippen LogP contribution in [0.1, 0.15) is 18.5 Å². The topological polar surface area (TPSA) is 26.0 Å². The lowest BCUT2D eigenvalue weighted by atomic mass is 10.00. The fraction of sp³-hybridized carbons (Fsp3) is 0.143. The second-order valence-corrected chi connectivity index (χ2v) is 4.47. The van der Waals surface area contributed by atoms with Crippen molar-refractivity contribution in [3.63, 3.8) is 0 Å². The summed E-state index contributed by atoms with van der Waals surface area (Å²) in [6.07, 6.45) is 0. The molecule has 0 aliphatic rings. The smallest absolute Gasteiger partial charge is 0.131 e. The van der Waals surface area contributed by atoms with Gasteiger partial charge in [0.1, 0.15) is 5.82 Å². The number of hydrogen-bond donors (Lipinski definition) is 1. The fourth-order valence-electron chi connectivity index (χ4n) is 1.70. The Hall–Kier alpha value is -1.38. The van der Waals surface area contributed by atoms with E-state index in [4.69, 9.17) is 17.3 Å². The van der Waals surface area contributed by atoms with E-state index in [1.165, 1.54) is 6.07 Å². The van der Waals surface area contributed by atoms with Crippen LogP contribution < -0.4 is 5.73 Å². The van der Waals surface area contributed by atoms with Crippen molar-refractivity contribution in [3.8, 4) is 11.1 Å². The van der Waals surface area contributed by atoms with Crippen LogP contribution in [-0.2, 0) is 0 Å².